The van der Waals surface area contributed by atoms with E-state index in [-0.39, 0.29) is 17.7 Å². The van der Waals surface area contributed by atoms with Gasteiger partial charge < -0.3 is 25.7 Å². The van der Waals surface area contributed by atoms with Crippen LogP contribution in [0.3, 0.4) is 0 Å². The molecule has 3 rings (SSSR count). The molecular weight excluding hydrogens is 334 g/mol. The van der Waals surface area contributed by atoms with Gasteiger partial charge in [0.25, 0.3) is 0 Å². The first-order valence-corrected chi connectivity index (χ1v) is 9.63. The second kappa shape index (κ2) is 8.26. The lowest BCUT2D eigenvalue weighted by atomic mass is 9.90. The molecule has 5 N–H and O–H groups in total. The molecule has 8 heteroatoms. The van der Waals surface area contributed by atoms with Gasteiger partial charge in [0.05, 0.1) is 0 Å². The minimum Gasteiger partial charge on any atom is -0.401 e. The van der Waals surface area contributed by atoms with Crippen molar-refractivity contribution in [2.75, 3.05) is 26.8 Å². The number of allylic oxidation sites excluding steroid dienone is 1. The van der Waals surface area contributed by atoms with Gasteiger partial charge in [0, 0.05) is 44.6 Å². The van der Waals surface area contributed by atoms with Crippen molar-refractivity contribution in [3.8, 4) is 0 Å². The van der Waals surface area contributed by atoms with E-state index in [1.165, 1.54) is 5.01 Å². The van der Waals surface area contributed by atoms with Crippen molar-refractivity contribution >= 4 is 11.8 Å². The first-order chi connectivity index (χ1) is 12.5. The number of nitrogens with zero attached hydrogens (tertiary/aromatic N) is 2. The lowest BCUT2D eigenvalue weighted by Gasteiger charge is -2.38. The zero-order chi connectivity index (χ0) is 18.7. The molecule has 0 radical (unpaired) electrons. The van der Waals surface area contributed by atoms with E-state index in [1.54, 1.807) is 18.1 Å². The summed E-state index contributed by atoms with van der Waals surface area (Å²) in [6.45, 7) is 1.85. The molecule has 8 nitrogen and oxygen atoms in total. The van der Waals surface area contributed by atoms with E-state index in [0.29, 0.717) is 32.1 Å². The van der Waals surface area contributed by atoms with E-state index in [9.17, 15) is 9.59 Å². The largest absolute Gasteiger partial charge is 0.401 e. The Morgan fingerprint density at radius 1 is 1.23 bits per heavy atom. The maximum absolute atomic E-state index is 13.4. The van der Waals surface area contributed by atoms with Gasteiger partial charge in [-0.1, -0.05) is 0 Å². The summed E-state index contributed by atoms with van der Waals surface area (Å²) in [5.41, 5.74) is 6.86. The fraction of sp³-hybridized carbons (Fsp3) is 0.778. The van der Waals surface area contributed by atoms with Crippen molar-refractivity contribution in [3.63, 3.8) is 0 Å². The van der Waals surface area contributed by atoms with Crippen LogP contribution in [-0.4, -0.2) is 60.6 Å². The second-order valence-corrected chi connectivity index (χ2v) is 7.55. The molecule has 2 heterocycles. The van der Waals surface area contributed by atoms with Crippen molar-refractivity contribution < 1.29 is 14.3 Å². The summed E-state index contributed by atoms with van der Waals surface area (Å²) in [5.74, 6) is 6.61. The number of likely N-dealkylation sites (tertiary alicyclic amines) is 1. The summed E-state index contributed by atoms with van der Waals surface area (Å²) in [7, 11) is 1.60. The zero-order valence-electron chi connectivity index (χ0n) is 15.5. The van der Waals surface area contributed by atoms with E-state index in [2.05, 4.69) is 5.32 Å². The molecular formula is C18H31N5O3. The van der Waals surface area contributed by atoms with Gasteiger partial charge in [0.1, 0.15) is 12.1 Å². The smallest absolute Gasteiger partial charge is 0.247 e. The molecule has 3 aliphatic rings. The fourth-order valence-electron chi connectivity index (χ4n) is 4.02. The van der Waals surface area contributed by atoms with Crippen molar-refractivity contribution in [1.29, 1.82) is 0 Å². The number of likely N-dealkylation sites (N-methyl/N-ethyl adjacent to an activating group) is 1. The Hall–Kier alpha value is -1.80. The van der Waals surface area contributed by atoms with Crippen molar-refractivity contribution in [1.82, 2.24) is 15.2 Å². The fourth-order valence-corrected chi connectivity index (χ4v) is 4.02. The second-order valence-electron chi connectivity index (χ2n) is 7.55. The summed E-state index contributed by atoms with van der Waals surface area (Å²) in [6.07, 6.45) is 6.96. The van der Waals surface area contributed by atoms with Gasteiger partial charge in [0.15, 0.2) is 0 Å². The standard InChI is InChI=1S/C18H31N5O3/c1-21-17(24)15-3-2-8-22(15)18(25)16(13-6-9-26-10-7-13)23(20)11-14(19)12-4-5-12/h11-13,15-16H,2-10,19-20H2,1H3,(H,21,24)/b14-11-. The molecule has 0 aromatic carbocycles. The zero-order valence-corrected chi connectivity index (χ0v) is 15.5. The number of amides is 2. The van der Waals surface area contributed by atoms with Crippen LogP contribution in [0.5, 0.6) is 0 Å². The molecule has 1 saturated carbocycles. The van der Waals surface area contributed by atoms with E-state index in [0.717, 1.165) is 37.8 Å². The van der Waals surface area contributed by atoms with Crippen LogP contribution >= 0.6 is 0 Å². The van der Waals surface area contributed by atoms with Crippen molar-refractivity contribution in [3.05, 3.63) is 11.9 Å². The molecule has 26 heavy (non-hydrogen) atoms. The lowest BCUT2D eigenvalue weighted by Crippen LogP contribution is -2.57. The Bertz CT molecular complexity index is 557. The molecule has 2 amide bonds. The Labute approximate surface area is 154 Å². The molecule has 2 atom stereocenters. The molecule has 146 valence electrons. The number of hydrogen-bond acceptors (Lipinski definition) is 6. The molecule has 0 aromatic rings. The Morgan fingerprint density at radius 2 is 1.92 bits per heavy atom. The van der Waals surface area contributed by atoms with Gasteiger partial charge in [-0.15, -0.1) is 0 Å². The van der Waals surface area contributed by atoms with Crippen LogP contribution in [0.15, 0.2) is 11.9 Å². The number of carbonyl (C=O) groups is 2. The third-order valence-corrected chi connectivity index (χ3v) is 5.72. The van der Waals surface area contributed by atoms with Crippen LogP contribution in [0.1, 0.15) is 38.5 Å². The molecule has 2 saturated heterocycles. The van der Waals surface area contributed by atoms with E-state index in [4.69, 9.17) is 16.3 Å². The number of rotatable bonds is 6. The first-order valence-electron chi connectivity index (χ1n) is 9.63. The van der Waals surface area contributed by atoms with E-state index in [1.807, 2.05) is 0 Å². The Morgan fingerprint density at radius 3 is 2.54 bits per heavy atom. The van der Waals surface area contributed by atoms with E-state index >= 15 is 0 Å². The highest BCUT2D eigenvalue weighted by Crippen LogP contribution is 2.34. The third kappa shape index (κ3) is 4.12. The highest BCUT2D eigenvalue weighted by molar-refractivity contribution is 5.90. The van der Waals surface area contributed by atoms with Crippen molar-refractivity contribution in [2.45, 2.75) is 50.6 Å². The normalized spacial score (nSPS) is 25.8. The summed E-state index contributed by atoms with van der Waals surface area (Å²) < 4.78 is 5.45. The minimum atomic E-state index is -0.513. The van der Waals surface area contributed by atoms with E-state index < -0.39 is 12.1 Å². The maximum Gasteiger partial charge on any atom is 0.247 e. The number of hydrogen-bond donors (Lipinski definition) is 3. The van der Waals surface area contributed by atoms with Crippen LogP contribution in [0, 0.1) is 11.8 Å². The summed E-state index contributed by atoms with van der Waals surface area (Å²) in [4.78, 5) is 27.3. The van der Waals surface area contributed by atoms with Crippen LogP contribution in [0.4, 0.5) is 0 Å². The van der Waals surface area contributed by atoms with Crippen LogP contribution < -0.4 is 16.9 Å². The summed E-state index contributed by atoms with van der Waals surface area (Å²) in [6, 6.07) is -0.922. The molecule has 3 fully saturated rings. The Balaban J connectivity index is 1.80. The molecule has 0 bridgehead atoms. The molecule has 2 aliphatic heterocycles. The topological polar surface area (TPSA) is 114 Å². The highest BCUT2D eigenvalue weighted by Gasteiger charge is 2.41. The van der Waals surface area contributed by atoms with Crippen LogP contribution in [0.25, 0.3) is 0 Å². The quantitative estimate of drug-likeness (QED) is 0.448. The van der Waals surface area contributed by atoms with Gasteiger partial charge in [-0.05, 0) is 44.4 Å². The third-order valence-electron chi connectivity index (χ3n) is 5.72. The maximum atomic E-state index is 13.4. The predicted octanol–water partition coefficient (Wildman–Crippen LogP) is -0.0956. The number of hydrazine groups is 1. The lowest BCUT2D eigenvalue weighted by molar-refractivity contribution is -0.144. The number of ether oxygens (including phenoxy) is 1. The summed E-state index contributed by atoms with van der Waals surface area (Å²) in [5, 5.41) is 4.16. The Kier molecular flexibility index (Phi) is 6.03. The van der Waals surface area contributed by atoms with Gasteiger partial charge in [-0.3, -0.25) is 9.59 Å². The average Bonchev–Trinajstić information content (AvgIpc) is 3.39. The monoisotopic (exact) mass is 365 g/mol. The minimum absolute atomic E-state index is 0.0784. The predicted molar refractivity (Wildman–Crippen MR) is 97.2 cm³/mol. The summed E-state index contributed by atoms with van der Waals surface area (Å²) >= 11 is 0. The number of carbonyl (C=O) groups excluding carboxylic acids is 2. The molecule has 0 spiro atoms. The SMILES string of the molecule is CNC(=O)C1CCCN1C(=O)C(C1CCOCC1)N(N)/C=C(\N)C1CC1. The number of nitrogens with two attached hydrogens (primary N) is 2. The number of nitrogens with one attached hydrogen (secondary N) is 1. The van der Waals surface area contributed by atoms with Gasteiger partial charge >= 0.3 is 0 Å². The molecule has 2 unspecified atom stereocenters. The van der Waals surface area contributed by atoms with Gasteiger partial charge in [-0.2, -0.15) is 0 Å². The first kappa shape index (κ1) is 19.0. The van der Waals surface area contributed by atoms with Gasteiger partial charge in [-0.25, -0.2) is 5.84 Å². The highest BCUT2D eigenvalue weighted by atomic mass is 16.5. The average molecular weight is 365 g/mol. The van der Waals surface area contributed by atoms with Crippen LogP contribution in [0.2, 0.25) is 0 Å². The van der Waals surface area contributed by atoms with Crippen LogP contribution in [-0.2, 0) is 14.3 Å². The van der Waals surface area contributed by atoms with Gasteiger partial charge in [0.2, 0.25) is 11.8 Å². The molecule has 1 aliphatic carbocycles. The van der Waals surface area contributed by atoms with Crippen molar-refractivity contribution in [2.24, 2.45) is 23.4 Å². The molecule has 0 aromatic heterocycles.